The number of nitrogens with zero attached hydrogens (tertiary/aromatic N) is 1. The summed E-state index contributed by atoms with van der Waals surface area (Å²) in [5.41, 5.74) is -0.200. The SMILES string of the molecule is COC[C@H](NC(=O)OC(C)(C)C)C(=O)Nc1ccc2c(c1)N(C(=O)C(C)(C)C)CCO2. The Bertz CT molecular complexity index is 826. The van der Waals surface area contributed by atoms with Crippen molar-refractivity contribution in [1.82, 2.24) is 5.32 Å². The van der Waals surface area contributed by atoms with Crippen molar-refractivity contribution in [3.63, 3.8) is 0 Å². The first-order valence-corrected chi connectivity index (χ1v) is 10.2. The lowest BCUT2D eigenvalue weighted by Crippen LogP contribution is -2.48. The number of nitrogens with one attached hydrogen (secondary N) is 2. The summed E-state index contributed by atoms with van der Waals surface area (Å²) in [5.74, 6) is 0.0598. The minimum Gasteiger partial charge on any atom is -0.490 e. The second-order valence-electron chi connectivity index (χ2n) is 9.38. The third-order valence-corrected chi connectivity index (χ3v) is 4.32. The van der Waals surface area contributed by atoms with Gasteiger partial charge >= 0.3 is 6.09 Å². The number of methoxy groups -OCH3 is 1. The molecule has 1 aromatic rings. The Morgan fingerprint density at radius 2 is 1.84 bits per heavy atom. The maximum absolute atomic E-state index is 12.8. The predicted octanol–water partition coefficient (Wildman–Crippen LogP) is 2.94. The van der Waals surface area contributed by atoms with Crippen LogP contribution in [0.5, 0.6) is 5.75 Å². The highest BCUT2D eigenvalue weighted by molar-refractivity contribution is 6.01. The van der Waals surface area contributed by atoms with E-state index >= 15 is 0 Å². The van der Waals surface area contributed by atoms with Crippen LogP contribution < -0.4 is 20.3 Å². The Balaban J connectivity index is 2.18. The van der Waals surface area contributed by atoms with Gasteiger partial charge in [0, 0.05) is 18.2 Å². The van der Waals surface area contributed by atoms with E-state index in [1.54, 1.807) is 43.9 Å². The molecule has 9 nitrogen and oxygen atoms in total. The van der Waals surface area contributed by atoms with Crippen LogP contribution in [0.25, 0.3) is 0 Å². The van der Waals surface area contributed by atoms with Crippen LogP contribution in [-0.2, 0) is 19.1 Å². The van der Waals surface area contributed by atoms with Crippen LogP contribution in [0, 0.1) is 5.41 Å². The van der Waals surface area contributed by atoms with Gasteiger partial charge < -0.3 is 29.7 Å². The molecule has 1 heterocycles. The number of anilines is 2. The second-order valence-corrected chi connectivity index (χ2v) is 9.38. The lowest BCUT2D eigenvalue weighted by molar-refractivity contribution is -0.126. The number of carbonyl (C=O) groups excluding carboxylic acids is 3. The molecule has 9 heteroatoms. The Kier molecular flexibility index (Phi) is 7.54. The summed E-state index contributed by atoms with van der Waals surface area (Å²) in [7, 11) is 1.43. The third kappa shape index (κ3) is 6.85. The summed E-state index contributed by atoms with van der Waals surface area (Å²) in [5, 5.41) is 5.28. The molecule has 0 saturated heterocycles. The van der Waals surface area contributed by atoms with Gasteiger partial charge in [-0.3, -0.25) is 9.59 Å². The van der Waals surface area contributed by atoms with E-state index < -0.39 is 29.1 Å². The number of rotatable bonds is 5. The van der Waals surface area contributed by atoms with E-state index in [0.29, 0.717) is 30.3 Å². The lowest BCUT2D eigenvalue weighted by atomic mass is 9.94. The summed E-state index contributed by atoms with van der Waals surface area (Å²) in [6.45, 7) is 11.6. The van der Waals surface area contributed by atoms with E-state index in [2.05, 4.69) is 10.6 Å². The minimum atomic E-state index is -0.959. The highest BCUT2D eigenvalue weighted by Crippen LogP contribution is 2.36. The van der Waals surface area contributed by atoms with Gasteiger partial charge in [-0.2, -0.15) is 0 Å². The molecule has 1 atom stereocenters. The Morgan fingerprint density at radius 3 is 2.42 bits per heavy atom. The van der Waals surface area contributed by atoms with Crippen LogP contribution >= 0.6 is 0 Å². The molecule has 0 radical (unpaired) electrons. The molecular formula is C22H33N3O6. The van der Waals surface area contributed by atoms with Crippen LogP contribution in [0.3, 0.4) is 0 Å². The van der Waals surface area contributed by atoms with Crippen LogP contribution in [0.1, 0.15) is 41.5 Å². The number of ether oxygens (including phenoxy) is 3. The van der Waals surface area contributed by atoms with Gasteiger partial charge in [-0.1, -0.05) is 20.8 Å². The van der Waals surface area contributed by atoms with Crippen molar-refractivity contribution in [2.75, 3.05) is 37.1 Å². The predicted molar refractivity (Wildman–Crippen MR) is 117 cm³/mol. The number of alkyl carbamates (subject to hydrolysis) is 1. The van der Waals surface area contributed by atoms with Crippen LogP contribution in [0.2, 0.25) is 0 Å². The number of fused-ring (bicyclic) bond motifs is 1. The van der Waals surface area contributed by atoms with Crippen molar-refractivity contribution in [2.24, 2.45) is 5.41 Å². The normalized spacial score (nSPS) is 14.7. The zero-order valence-electron chi connectivity index (χ0n) is 19.3. The Hall–Kier alpha value is -2.81. The summed E-state index contributed by atoms with van der Waals surface area (Å²) < 4.78 is 15.9. The number of benzene rings is 1. The van der Waals surface area contributed by atoms with Crippen LogP contribution in [0.15, 0.2) is 18.2 Å². The van der Waals surface area contributed by atoms with Crippen LogP contribution in [0.4, 0.5) is 16.2 Å². The molecular weight excluding hydrogens is 402 g/mol. The minimum absolute atomic E-state index is 0.0340. The van der Waals surface area contributed by atoms with E-state index in [-0.39, 0.29) is 12.5 Å². The van der Waals surface area contributed by atoms with Gasteiger partial charge in [-0.25, -0.2) is 4.79 Å². The largest absolute Gasteiger partial charge is 0.490 e. The van der Waals surface area contributed by atoms with Crippen molar-refractivity contribution in [2.45, 2.75) is 53.2 Å². The Labute approximate surface area is 183 Å². The zero-order valence-corrected chi connectivity index (χ0v) is 19.3. The van der Waals surface area contributed by atoms with E-state index in [1.165, 1.54) is 7.11 Å². The molecule has 3 amide bonds. The van der Waals surface area contributed by atoms with Gasteiger partial charge in [0.1, 0.15) is 24.0 Å². The molecule has 0 unspecified atom stereocenters. The van der Waals surface area contributed by atoms with Crippen molar-refractivity contribution in [3.8, 4) is 5.75 Å². The molecule has 2 rings (SSSR count). The van der Waals surface area contributed by atoms with Gasteiger partial charge in [0.25, 0.3) is 0 Å². The monoisotopic (exact) mass is 435 g/mol. The van der Waals surface area contributed by atoms with Gasteiger partial charge in [0.2, 0.25) is 11.8 Å². The molecule has 172 valence electrons. The van der Waals surface area contributed by atoms with Crippen molar-refractivity contribution in [1.29, 1.82) is 0 Å². The van der Waals surface area contributed by atoms with E-state index in [1.807, 2.05) is 20.8 Å². The molecule has 31 heavy (non-hydrogen) atoms. The fourth-order valence-corrected chi connectivity index (χ4v) is 2.94. The molecule has 2 N–H and O–H groups in total. The first-order valence-electron chi connectivity index (χ1n) is 10.2. The number of hydrogen-bond donors (Lipinski definition) is 2. The molecule has 1 aliphatic rings. The van der Waals surface area contributed by atoms with Crippen LogP contribution in [-0.4, -0.2) is 56.4 Å². The standard InChI is InChI=1S/C22H33N3O6/c1-21(2,3)19(27)25-10-11-30-17-9-8-14(12-16(17)25)23-18(26)15(13-29-7)24-20(28)31-22(4,5)6/h8-9,12,15H,10-11,13H2,1-7H3,(H,23,26)(H,24,28)/t15-/m0/s1. The molecule has 0 saturated carbocycles. The molecule has 0 spiro atoms. The average molecular weight is 436 g/mol. The Morgan fingerprint density at radius 1 is 1.16 bits per heavy atom. The van der Waals surface area contributed by atoms with Crippen molar-refractivity contribution < 1.29 is 28.6 Å². The highest BCUT2D eigenvalue weighted by atomic mass is 16.6. The fourth-order valence-electron chi connectivity index (χ4n) is 2.94. The summed E-state index contributed by atoms with van der Waals surface area (Å²) in [6.07, 6.45) is -0.717. The topological polar surface area (TPSA) is 106 Å². The van der Waals surface area contributed by atoms with E-state index in [4.69, 9.17) is 14.2 Å². The van der Waals surface area contributed by atoms with Gasteiger partial charge in [-0.15, -0.1) is 0 Å². The van der Waals surface area contributed by atoms with Crippen molar-refractivity contribution in [3.05, 3.63) is 18.2 Å². The molecule has 0 fully saturated rings. The van der Waals surface area contributed by atoms with E-state index in [0.717, 1.165) is 0 Å². The first kappa shape index (κ1) is 24.5. The van der Waals surface area contributed by atoms with Gasteiger partial charge in [0.15, 0.2) is 0 Å². The summed E-state index contributed by atoms with van der Waals surface area (Å²) in [4.78, 5) is 39.4. The summed E-state index contributed by atoms with van der Waals surface area (Å²) in [6, 6.07) is 4.12. The molecule has 0 aliphatic carbocycles. The number of hydrogen-bond acceptors (Lipinski definition) is 6. The summed E-state index contributed by atoms with van der Waals surface area (Å²) >= 11 is 0. The van der Waals surface area contributed by atoms with Gasteiger partial charge in [0.05, 0.1) is 18.8 Å². The van der Waals surface area contributed by atoms with Gasteiger partial charge in [-0.05, 0) is 39.0 Å². The first-order chi connectivity index (χ1) is 14.3. The fraction of sp³-hybridized carbons (Fsp3) is 0.591. The average Bonchev–Trinajstić information content (AvgIpc) is 2.64. The molecule has 1 aliphatic heterocycles. The van der Waals surface area contributed by atoms with Crippen molar-refractivity contribution >= 4 is 29.3 Å². The zero-order chi connectivity index (χ0) is 23.4. The molecule has 0 bridgehead atoms. The van der Waals surface area contributed by atoms with E-state index in [9.17, 15) is 14.4 Å². The lowest BCUT2D eigenvalue weighted by Gasteiger charge is -2.34. The second kappa shape index (κ2) is 9.55. The number of carbonyl (C=O) groups is 3. The maximum Gasteiger partial charge on any atom is 0.408 e. The molecule has 0 aromatic heterocycles. The molecule has 1 aromatic carbocycles. The smallest absolute Gasteiger partial charge is 0.408 e. The number of amides is 3. The quantitative estimate of drug-likeness (QED) is 0.737. The highest BCUT2D eigenvalue weighted by Gasteiger charge is 2.32. The maximum atomic E-state index is 12.8. The third-order valence-electron chi connectivity index (χ3n) is 4.32.